The van der Waals surface area contributed by atoms with Crippen LogP contribution in [-0.4, -0.2) is 42.1 Å². The number of hydrogen-bond acceptors (Lipinski definition) is 4. The fourth-order valence-electron chi connectivity index (χ4n) is 1.53. The summed E-state index contributed by atoms with van der Waals surface area (Å²) in [7, 11) is 2.82. The second-order valence-electron chi connectivity index (χ2n) is 4.09. The molecule has 0 aliphatic heterocycles. The first-order chi connectivity index (χ1) is 7.84. The highest BCUT2D eigenvalue weighted by atomic mass is 16.5. The lowest BCUT2D eigenvalue weighted by molar-refractivity contribution is -0.152. The summed E-state index contributed by atoms with van der Waals surface area (Å²) in [5.74, 6) is -0.960. The van der Waals surface area contributed by atoms with Gasteiger partial charge in [0, 0.05) is 13.1 Å². The number of allylic oxidation sites excluding steroid dienone is 1. The van der Waals surface area contributed by atoms with Gasteiger partial charge in [0.2, 0.25) is 5.91 Å². The summed E-state index contributed by atoms with van der Waals surface area (Å²) in [6, 6.07) is -0.631. The van der Waals surface area contributed by atoms with E-state index in [4.69, 9.17) is 9.84 Å². The molecule has 98 valence electrons. The highest BCUT2D eigenvalue weighted by molar-refractivity contribution is 5.91. The number of esters is 1. The van der Waals surface area contributed by atoms with Gasteiger partial charge in [-0.05, 0) is 12.8 Å². The fraction of sp³-hybridized carbons (Fsp3) is 0.667. The summed E-state index contributed by atoms with van der Waals surface area (Å²) in [5, 5.41) is 9.04. The number of hydrogen-bond donors (Lipinski definition) is 1. The molecule has 0 aromatic rings. The number of ether oxygens (including phenoxy) is 1. The SMILES string of the molecule is CC[C@H](C)[C@@H](C(=O)OC)N(C)C(=O)/C=C(/C)O. The standard InChI is InChI=1S/C12H21NO4/c1-6-8(2)11(12(16)17-5)13(4)10(15)7-9(3)14/h7-8,11,14H,6H2,1-5H3/b9-7-/t8-,11-/m0/s1. The van der Waals surface area contributed by atoms with Crippen LogP contribution in [0.3, 0.4) is 0 Å². The molecule has 0 bridgehead atoms. The van der Waals surface area contributed by atoms with E-state index in [1.807, 2.05) is 13.8 Å². The van der Waals surface area contributed by atoms with Crippen LogP contribution in [0.5, 0.6) is 0 Å². The molecule has 0 aromatic heterocycles. The largest absolute Gasteiger partial charge is 0.512 e. The first-order valence-electron chi connectivity index (χ1n) is 5.57. The zero-order valence-corrected chi connectivity index (χ0v) is 11.1. The average molecular weight is 243 g/mol. The number of carbonyl (C=O) groups is 2. The molecule has 0 fully saturated rings. The smallest absolute Gasteiger partial charge is 0.328 e. The second-order valence-corrected chi connectivity index (χ2v) is 4.09. The molecule has 0 heterocycles. The van der Waals surface area contributed by atoms with Crippen LogP contribution in [0.25, 0.3) is 0 Å². The number of nitrogens with zero attached hydrogens (tertiary/aromatic N) is 1. The van der Waals surface area contributed by atoms with E-state index >= 15 is 0 Å². The number of aliphatic hydroxyl groups excluding tert-OH is 1. The van der Waals surface area contributed by atoms with E-state index in [1.165, 1.54) is 26.0 Å². The molecule has 0 radical (unpaired) electrons. The second kappa shape index (κ2) is 6.93. The van der Waals surface area contributed by atoms with Gasteiger partial charge in [-0.1, -0.05) is 20.3 Å². The van der Waals surface area contributed by atoms with Crippen molar-refractivity contribution in [3.05, 3.63) is 11.8 Å². The molecule has 0 aliphatic rings. The van der Waals surface area contributed by atoms with Gasteiger partial charge in [-0.3, -0.25) is 4.79 Å². The highest BCUT2D eigenvalue weighted by Gasteiger charge is 2.31. The molecule has 0 rings (SSSR count). The molecule has 1 N–H and O–H groups in total. The number of rotatable bonds is 5. The van der Waals surface area contributed by atoms with Crippen molar-refractivity contribution in [2.24, 2.45) is 5.92 Å². The molecule has 2 atom stereocenters. The lowest BCUT2D eigenvalue weighted by Crippen LogP contribution is -2.46. The Labute approximate surface area is 102 Å². The normalized spacial score (nSPS) is 15.0. The van der Waals surface area contributed by atoms with E-state index in [1.54, 1.807) is 0 Å². The van der Waals surface area contributed by atoms with Crippen molar-refractivity contribution in [3.8, 4) is 0 Å². The van der Waals surface area contributed by atoms with Gasteiger partial charge in [0.25, 0.3) is 0 Å². The van der Waals surface area contributed by atoms with Crippen molar-refractivity contribution in [1.29, 1.82) is 0 Å². The molecule has 0 aromatic carbocycles. The number of carbonyl (C=O) groups excluding carboxylic acids is 2. The van der Waals surface area contributed by atoms with E-state index in [0.29, 0.717) is 0 Å². The van der Waals surface area contributed by atoms with E-state index in [9.17, 15) is 9.59 Å². The van der Waals surface area contributed by atoms with Crippen LogP contribution in [0.15, 0.2) is 11.8 Å². The quantitative estimate of drug-likeness (QED) is 0.451. The summed E-state index contributed by atoms with van der Waals surface area (Å²) < 4.78 is 4.70. The third kappa shape index (κ3) is 4.46. The summed E-state index contributed by atoms with van der Waals surface area (Å²) in [5.41, 5.74) is 0. The molecule has 1 amide bonds. The van der Waals surface area contributed by atoms with Crippen LogP contribution >= 0.6 is 0 Å². The highest BCUT2D eigenvalue weighted by Crippen LogP contribution is 2.15. The number of amides is 1. The zero-order valence-electron chi connectivity index (χ0n) is 11.1. The van der Waals surface area contributed by atoms with Gasteiger partial charge < -0.3 is 14.7 Å². The summed E-state index contributed by atoms with van der Waals surface area (Å²) in [6.45, 7) is 5.22. The molecule has 5 heteroatoms. The van der Waals surface area contributed by atoms with E-state index in [-0.39, 0.29) is 11.7 Å². The van der Waals surface area contributed by atoms with Gasteiger partial charge in [0.15, 0.2) is 0 Å². The molecular weight excluding hydrogens is 222 g/mol. The van der Waals surface area contributed by atoms with E-state index in [2.05, 4.69) is 0 Å². The Hall–Kier alpha value is -1.52. The molecule has 0 unspecified atom stereocenters. The van der Waals surface area contributed by atoms with Crippen LogP contribution in [-0.2, 0) is 14.3 Å². The first kappa shape index (κ1) is 15.5. The Balaban J connectivity index is 4.99. The summed E-state index contributed by atoms with van der Waals surface area (Å²) in [4.78, 5) is 24.7. The Bertz CT molecular complexity index is 308. The van der Waals surface area contributed by atoms with Crippen molar-refractivity contribution >= 4 is 11.9 Å². The molecule has 0 saturated heterocycles. The van der Waals surface area contributed by atoms with Crippen LogP contribution in [0, 0.1) is 5.92 Å². The minimum absolute atomic E-state index is 0.0104. The molecule has 17 heavy (non-hydrogen) atoms. The van der Waals surface area contributed by atoms with Crippen LogP contribution in [0.2, 0.25) is 0 Å². The van der Waals surface area contributed by atoms with Gasteiger partial charge >= 0.3 is 5.97 Å². The van der Waals surface area contributed by atoms with Crippen LogP contribution in [0.1, 0.15) is 27.2 Å². The molecule has 0 saturated carbocycles. The third-order valence-electron chi connectivity index (χ3n) is 2.72. The maximum Gasteiger partial charge on any atom is 0.328 e. The third-order valence-corrected chi connectivity index (χ3v) is 2.72. The minimum Gasteiger partial charge on any atom is -0.512 e. The van der Waals surface area contributed by atoms with Crippen molar-refractivity contribution in [1.82, 2.24) is 4.90 Å². The predicted molar refractivity (Wildman–Crippen MR) is 64.4 cm³/mol. The van der Waals surface area contributed by atoms with Gasteiger partial charge in [0.05, 0.1) is 12.9 Å². The van der Waals surface area contributed by atoms with Gasteiger partial charge in [-0.15, -0.1) is 0 Å². The lowest BCUT2D eigenvalue weighted by Gasteiger charge is -2.29. The van der Waals surface area contributed by atoms with Gasteiger partial charge in [-0.25, -0.2) is 4.79 Å². The van der Waals surface area contributed by atoms with Gasteiger partial charge in [0.1, 0.15) is 6.04 Å². The molecule has 0 spiro atoms. The van der Waals surface area contributed by atoms with Crippen LogP contribution < -0.4 is 0 Å². The Morgan fingerprint density at radius 1 is 1.47 bits per heavy atom. The first-order valence-corrected chi connectivity index (χ1v) is 5.57. The monoisotopic (exact) mass is 243 g/mol. The Morgan fingerprint density at radius 2 is 2.00 bits per heavy atom. The lowest BCUT2D eigenvalue weighted by atomic mass is 9.98. The number of likely N-dealkylation sites (N-methyl/N-ethyl adjacent to an activating group) is 1. The van der Waals surface area contributed by atoms with Crippen molar-refractivity contribution in [2.45, 2.75) is 33.2 Å². The molecular formula is C12H21NO4. The minimum atomic E-state index is -0.631. The number of methoxy groups -OCH3 is 1. The van der Waals surface area contributed by atoms with Crippen LogP contribution in [0.4, 0.5) is 0 Å². The van der Waals surface area contributed by atoms with E-state index < -0.39 is 17.9 Å². The Kier molecular flexibility index (Phi) is 6.31. The van der Waals surface area contributed by atoms with Crippen molar-refractivity contribution < 1.29 is 19.4 Å². The Morgan fingerprint density at radius 3 is 2.35 bits per heavy atom. The van der Waals surface area contributed by atoms with Crippen molar-refractivity contribution in [2.75, 3.05) is 14.2 Å². The van der Waals surface area contributed by atoms with E-state index in [0.717, 1.165) is 12.5 Å². The zero-order chi connectivity index (χ0) is 13.6. The van der Waals surface area contributed by atoms with Gasteiger partial charge in [-0.2, -0.15) is 0 Å². The van der Waals surface area contributed by atoms with Crippen molar-refractivity contribution in [3.63, 3.8) is 0 Å². The fourth-order valence-corrected chi connectivity index (χ4v) is 1.53. The number of aliphatic hydroxyl groups is 1. The molecule has 5 nitrogen and oxygen atoms in total. The maximum absolute atomic E-state index is 11.7. The summed E-state index contributed by atoms with van der Waals surface area (Å²) >= 11 is 0. The maximum atomic E-state index is 11.7. The topological polar surface area (TPSA) is 66.8 Å². The summed E-state index contributed by atoms with van der Waals surface area (Å²) in [6.07, 6.45) is 1.83. The average Bonchev–Trinajstić information content (AvgIpc) is 2.27. The molecule has 0 aliphatic carbocycles. The predicted octanol–water partition coefficient (Wildman–Crippen LogP) is 1.49.